The summed E-state index contributed by atoms with van der Waals surface area (Å²) in [6, 6.07) is 10.1. The van der Waals surface area contributed by atoms with Crippen LogP contribution >= 0.6 is 24.8 Å². The quantitative estimate of drug-likeness (QED) is 0.669. The van der Waals surface area contributed by atoms with Crippen LogP contribution in [0, 0.1) is 0 Å². The van der Waals surface area contributed by atoms with Gasteiger partial charge in [0.2, 0.25) is 0 Å². The van der Waals surface area contributed by atoms with Crippen molar-refractivity contribution in [1.29, 1.82) is 0 Å². The van der Waals surface area contributed by atoms with Crippen molar-refractivity contribution in [3.63, 3.8) is 0 Å². The molecule has 0 aliphatic heterocycles. The van der Waals surface area contributed by atoms with Crippen LogP contribution in [-0.4, -0.2) is 16.3 Å². The van der Waals surface area contributed by atoms with E-state index >= 15 is 0 Å². The van der Waals surface area contributed by atoms with Crippen LogP contribution < -0.4 is 0 Å². The highest BCUT2D eigenvalue weighted by molar-refractivity contribution is 8.10. The maximum absolute atomic E-state index is 4.86. The molecule has 63 valence electrons. The third kappa shape index (κ3) is 2.75. The molecule has 0 unspecified atom stereocenters. The molecule has 0 bridgehead atoms. The molecule has 1 aromatic carbocycles. The molecule has 1 aromatic rings. The molecule has 0 spiro atoms. The highest BCUT2D eigenvalue weighted by Crippen LogP contribution is 2.04. The first kappa shape index (κ1) is 9.42. The molecule has 1 rings (SSSR count). The van der Waals surface area contributed by atoms with E-state index in [0.29, 0.717) is 4.32 Å². The van der Waals surface area contributed by atoms with Gasteiger partial charge in [-0.1, -0.05) is 30.3 Å². The summed E-state index contributed by atoms with van der Waals surface area (Å²) in [5, 5.41) is 0. The summed E-state index contributed by atoms with van der Waals surface area (Å²) in [5.41, 5.74) is 1.23. The van der Waals surface area contributed by atoms with Crippen LogP contribution in [0.25, 0.3) is 0 Å². The van der Waals surface area contributed by atoms with E-state index in [2.05, 4.69) is 12.1 Å². The van der Waals surface area contributed by atoms with Gasteiger partial charge in [0.1, 0.15) is 0 Å². The number of rotatable bonds is 2. The van der Waals surface area contributed by atoms with Crippen LogP contribution in [0.3, 0.4) is 0 Å². The van der Waals surface area contributed by atoms with Crippen LogP contribution in [0.2, 0.25) is 0 Å². The van der Waals surface area contributed by atoms with Crippen LogP contribution in [0.1, 0.15) is 5.56 Å². The van der Waals surface area contributed by atoms with Gasteiger partial charge in [0.25, 0.3) is 0 Å². The third-order valence-electron chi connectivity index (χ3n) is 1.57. The fourth-order valence-electron chi connectivity index (χ4n) is 0.922. The monoisotopic (exact) mass is 196 g/mol. The number of benzene rings is 1. The summed E-state index contributed by atoms with van der Waals surface area (Å²) < 4.78 is 0.513. The average molecular weight is 196 g/mol. The summed E-state index contributed by atoms with van der Waals surface area (Å²) in [7, 11) is 1.91. The molecule has 12 heavy (non-hydrogen) atoms. The lowest BCUT2D eigenvalue weighted by Gasteiger charge is -2.15. The number of hydrogen-bond donors (Lipinski definition) is 0. The van der Waals surface area contributed by atoms with Crippen molar-refractivity contribution in [2.45, 2.75) is 6.54 Å². The van der Waals surface area contributed by atoms with Crippen molar-refractivity contribution < 1.29 is 0 Å². The Hall–Kier alpha value is -0.670. The molecule has 0 aromatic heterocycles. The second-order valence-electron chi connectivity index (χ2n) is 2.61. The molecular formula is C9H10NS2. The van der Waals surface area contributed by atoms with Gasteiger partial charge >= 0.3 is 0 Å². The first-order valence-corrected chi connectivity index (χ1v) is 4.48. The van der Waals surface area contributed by atoms with Gasteiger partial charge in [0.05, 0.1) is 0 Å². The zero-order valence-corrected chi connectivity index (χ0v) is 8.49. The zero-order chi connectivity index (χ0) is 8.97. The fourth-order valence-corrected chi connectivity index (χ4v) is 1.05. The van der Waals surface area contributed by atoms with E-state index in [1.54, 1.807) is 0 Å². The second-order valence-corrected chi connectivity index (χ2v) is 3.64. The zero-order valence-electron chi connectivity index (χ0n) is 6.86. The average Bonchev–Trinajstić information content (AvgIpc) is 2.06. The van der Waals surface area contributed by atoms with Gasteiger partial charge in [-0.25, -0.2) is 0 Å². The topological polar surface area (TPSA) is 3.24 Å². The van der Waals surface area contributed by atoms with E-state index in [1.807, 2.05) is 30.1 Å². The Labute approximate surface area is 83.8 Å². The van der Waals surface area contributed by atoms with E-state index in [-0.39, 0.29) is 0 Å². The Morgan fingerprint density at radius 2 is 1.92 bits per heavy atom. The minimum Gasteiger partial charge on any atom is -0.353 e. The van der Waals surface area contributed by atoms with Gasteiger partial charge in [0.15, 0.2) is 4.32 Å². The molecule has 0 N–H and O–H groups in total. The summed E-state index contributed by atoms with van der Waals surface area (Å²) in [5.74, 6) is 0. The van der Waals surface area contributed by atoms with Gasteiger partial charge < -0.3 is 4.90 Å². The molecular weight excluding hydrogens is 186 g/mol. The minimum absolute atomic E-state index is 0.513. The number of nitrogens with zero attached hydrogens (tertiary/aromatic N) is 1. The molecule has 0 heterocycles. The molecule has 1 radical (unpaired) electrons. The Balaban J connectivity index is 2.58. The number of hydrogen-bond acceptors (Lipinski definition) is 1. The first-order chi connectivity index (χ1) is 5.70. The van der Waals surface area contributed by atoms with E-state index in [0.717, 1.165) is 6.54 Å². The van der Waals surface area contributed by atoms with Crippen LogP contribution in [0.4, 0.5) is 0 Å². The van der Waals surface area contributed by atoms with E-state index in [1.165, 1.54) is 5.56 Å². The van der Waals surface area contributed by atoms with Gasteiger partial charge in [-0.3, -0.25) is 0 Å². The van der Waals surface area contributed by atoms with Crippen molar-refractivity contribution in [3.05, 3.63) is 35.9 Å². The lowest BCUT2D eigenvalue weighted by molar-refractivity contribution is 0.519. The van der Waals surface area contributed by atoms with E-state index in [4.69, 9.17) is 24.8 Å². The third-order valence-corrected chi connectivity index (χ3v) is 2.20. The predicted molar refractivity (Wildman–Crippen MR) is 58.1 cm³/mol. The lowest BCUT2D eigenvalue weighted by Crippen LogP contribution is -2.19. The maximum atomic E-state index is 4.86. The summed E-state index contributed by atoms with van der Waals surface area (Å²) >= 11 is 9.72. The normalized spacial score (nSPS) is 9.42. The van der Waals surface area contributed by atoms with Gasteiger partial charge in [0, 0.05) is 13.6 Å². The highest BCUT2D eigenvalue weighted by Gasteiger charge is 2.00. The van der Waals surface area contributed by atoms with E-state index < -0.39 is 0 Å². The van der Waals surface area contributed by atoms with Crippen molar-refractivity contribution in [3.8, 4) is 0 Å². The highest BCUT2D eigenvalue weighted by atomic mass is 32.1. The SMILES string of the molecule is CN(Cc1ccccc1)C([S])=S. The minimum atomic E-state index is 0.513. The Kier molecular flexibility index (Phi) is 3.44. The molecule has 3 heteroatoms. The largest absolute Gasteiger partial charge is 0.353 e. The molecule has 0 saturated carbocycles. The molecule has 0 aliphatic rings. The first-order valence-electron chi connectivity index (χ1n) is 3.66. The smallest absolute Gasteiger partial charge is 0.167 e. The maximum Gasteiger partial charge on any atom is 0.167 e. The van der Waals surface area contributed by atoms with Crippen molar-refractivity contribution in [2.75, 3.05) is 7.05 Å². The van der Waals surface area contributed by atoms with Crippen LogP contribution in [-0.2, 0) is 6.54 Å². The van der Waals surface area contributed by atoms with Gasteiger partial charge in [-0.2, -0.15) is 0 Å². The molecule has 1 nitrogen and oxygen atoms in total. The fraction of sp³-hybridized carbons (Fsp3) is 0.222. The van der Waals surface area contributed by atoms with Crippen molar-refractivity contribution in [1.82, 2.24) is 4.90 Å². The summed E-state index contributed by atoms with van der Waals surface area (Å²) in [6.07, 6.45) is 0. The molecule has 0 atom stereocenters. The Morgan fingerprint density at radius 3 is 2.42 bits per heavy atom. The predicted octanol–water partition coefficient (Wildman–Crippen LogP) is 2.60. The summed E-state index contributed by atoms with van der Waals surface area (Å²) in [4.78, 5) is 1.88. The molecule has 0 aliphatic carbocycles. The second kappa shape index (κ2) is 4.38. The van der Waals surface area contributed by atoms with E-state index in [9.17, 15) is 0 Å². The Morgan fingerprint density at radius 1 is 1.33 bits per heavy atom. The Bertz CT molecular complexity index is 258. The van der Waals surface area contributed by atoms with Crippen molar-refractivity contribution >= 4 is 29.2 Å². The van der Waals surface area contributed by atoms with Crippen molar-refractivity contribution in [2.24, 2.45) is 0 Å². The molecule has 0 amide bonds. The lowest BCUT2D eigenvalue weighted by atomic mass is 10.2. The molecule has 0 fully saturated rings. The standard InChI is InChI=1S/C9H10NS2/c1-10(9(11)12)7-8-5-3-2-4-6-8/h2-6H,7H2,1H3. The van der Waals surface area contributed by atoms with Gasteiger partial charge in [-0.05, 0) is 30.4 Å². The van der Waals surface area contributed by atoms with Crippen LogP contribution in [0.5, 0.6) is 0 Å². The van der Waals surface area contributed by atoms with Crippen LogP contribution in [0.15, 0.2) is 30.3 Å². The summed E-state index contributed by atoms with van der Waals surface area (Å²) in [6.45, 7) is 0.795. The van der Waals surface area contributed by atoms with Gasteiger partial charge in [-0.15, -0.1) is 0 Å². The molecule has 0 saturated heterocycles. The number of thiocarbonyl (C=S) groups is 1.